The van der Waals surface area contributed by atoms with Gasteiger partial charge in [0, 0.05) is 11.5 Å². The molecule has 0 aliphatic carbocycles. The number of aromatic amines is 1. The van der Waals surface area contributed by atoms with Crippen molar-refractivity contribution in [1.82, 2.24) is 4.98 Å². The SMILES string of the molecule is COc1cc2c(=O)c3c(Cl)ccc([N+](=O)[O-])c3[nH]c2cc1Cl. The summed E-state index contributed by atoms with van der Waals surface area (Å²) in [5.74, 6) is 0.334. The van der Waals surface area contributed by atoms with E-state index >= 15 is 0 Å². The highest BCUT2D eigenvalue weighted by Gasteiger charge is 2.19. The molecule has 0 atom stereocenters. The van der Waals surface area contributed by atoms with E-state index in [1.807, 2.05) is 0 Å². The number of rotatable bonds is 2. The summed E-state index contributed by atoms with van der Waals surface area (Å²) in [4.78, 5) is 26.1. The first kappa shape index (κ1) is 14.6. The molecule has 112 valence electrons. The maximum Gasteiger partial charge on any atom is 0.293 e. The first-order valence-corrected chi connectivity index (χ1v) is 6.85. The lowest BCUT2D eigenvalue weighted by Crippen LogP contribution is -2.07. The molecule has 1 N–H and O–H groups in total. The summed E-state index contributed by atoms with van der Waals surface area (Å²) in [7, 11) is 1.43. The first-order valence-electron chi connectivity index (χ1n) is 6.10. The van der Waals surface area contributed by atoms with Crippen molar-refractivity contribution in [3.05, 3.63) is 54.6 Å². The Balaban J connectivity index is 2.57. The zero-order chi connectivity index (χ0) is 16.0. The fraction of sp³-hybridized carbons (Fsp3) is 0.0714. The number of hydrogen-bond donors (Lipinski definition) is 1. The van der Waals surface area contributed by atoms with Crippen LogP contribution in [0.15, 0.2) is 29.1 Å². The second kappa shape index (κ2) is 5.15. The van der Waals surface area contributed by atoms with Gasteiger partial charge in [0.25, 0.3) is 5.69 Å². The molecule has 0 unspecified atom stereocenters. The maximum atomic E-state index is 12.6. The van der Waals surface area contributed by atoms with Gasteiger partial charge in [-0.2, -0.15) is 0 Å². The number of hydrogen-bond acceptors (Lipinski definition) is 4. The summed E-state index contributed by atoms with van der Waals surface area (Å²) in [6, 6.07) is 5.54. The lowest BCUT2D eigenvalue weighted by molar-refractivity contribution is -0.383. The number of benzene rings is 2. The van der Waals surface area contributed by atoms with Crippen molar-refractivity contribution in [2.45, 2.75) is 0 Å². The lowest BCUT2D eigenvalue weighted by atomic mass is 10.1. The van der Waals surface area contributed by atoms with Gasteiger partial charge in [0.2, 0.25) is 0 Å². The van der Waals surface area contributed by atoms with Crippen LogP contribution in [0.1, 0.15) is 0 Å². The number of fused-ring (bicyclic) bond motifs is 2. The highest BCUT2D eigenvalue weighted by molar-refractivity contribution is 6.36. The van der Waals surface area contributed by atoms with Gasteiger partial charge in [-0.15, -0.1) is 0 Å². The van der Waals surface area contributed by atoms with E-state index in [0.29, 0.717) is 11.3 Å². The smallest absolute Gasteiger partial charge is 0.293 e. The largest absolute Gasteiger partial charge is 0.495 e. The molecule has 0 saturated carbocycles. The highest BCUT2D eigenvalue weighted by Crippen LogP contribution is 2.32. The molecule has 0 fully saturated rings. The van der Waals surface area contributed by atoms with Gasteiger partial charge in [0.1, 0.15) is 11.3 Å². The number of pyridine rings is 1. The number of nitro groups is 1. The predicted octanol–water partition coefficient (Wildman–Crippen LogP) is 3.90. The quantitative estimate of drug-likeness (QED) is 0.436. The molecule has 0 radical (unpaired) electrons. The summed E-state index contributed by atoms with van der Waals surface area (Å²) in [6.07, 6.45) is 0. The normalized spacial score (nSPS) is 11.0. The molecule has 8 heteroatoms. The van der Waals surface area contributed by atoms with Crippen molar-refractivity contribution in [3.63, 3.8) is 0 Å². The third-order valence-electron chi connectivity index (χ3n) is 3.35. The van der Waals surface area contributed by atoms with Gasteiger partial charge in [-0.25, -0.2) is 0 Å². The summed E-state index contributed by atoms with van der Waals surface area (Å²) < 4.78 is 5.09. The molecule has 0 amide bonds. The monoisotopic (exact) mass is 338 g/mol. The van der Waals surface area contributed by atoms with Gasteiger partial charge in [-0.3, -0.25) is 14.9 Å². The number of nitro benzene ring substituents is 1. The van der Waals surface area contributed by atoms with Crippen LogP contribution in [-0.2, 0) is 0 Å². The number of nitrogens with zero attached hydrogens (tertiary/aromatic N) is 1. The zero-order valence-electron chi connectivity index (χ0n) is 11.1. The molecule has 1 heterocycles. The fourth-order valence-electron chi connectivity index (χ4n) is 2.34. The number of methoxy groups -OCH3 is 1. The van der Waals surface area contributed by atoms with E-state index in [9.17, 15) is 14.9 Å². The Bertz CT molecular complexity index is 998. The van der Waals surface area contributed by atoms with Crippen molar-refractivity contribution in [2.24, 2.45) is 0 Å². The molecule has 0 bridgehead atoms. The fourth-order valence-corrected chi connectivity index (χ4v) is 2.82. The molecule has 3 aromatic rings. The zero-order valence-corrected chi connectivity index (χ0v) is 12.7. The van der Waals surface area contributed by atoms with E-state index in [2.05, 4.69) is 4.98 Å². The maximum absolute atomic E-state index is 12.6. The molecule has 0 aliphatic rings. The van der Waals surface area contributed by atoms with Gasteiger partial charge >= 0.3 is 0 Å². The predicted molar refractivity (Wildman–Crippen MR) is 85.3 cm³/mol. The van der Waals surface area contributed by atoms with Crippen LogP contribution < -0.4 is 10.2 Å². The Morgan fingerprint density at radius 2 is 1.95 bits per heavy atom. The van der Waals surface area contributed by atoms with Gasteiger partial charge in [-0.1, -0.05) is 23.2 Å². The number of halogens is 2. The van der Waals surface area contributed by atoms with Crippen molar-refractivity contribution in [3.8, 4) is 5.75 Å². The standard InChI is InChI=1S/C14H8Cl2N2O4/c1-22-11-4-6-9(5-8(11)16)17-13-10(18(20)21)3-2-7(15)12(13)14(6)19/h2-5H,1H3,(H,17,19). The molecule has 0 saturated heterocycles. The van der Waals surface area contributed by atoms with Crippen LogP contribution in [0.5, 0.6) is 5.75 Å². The minimum Gasteiger partial charge on any atom is -0.495 e. The molecule has 2 aromatic carbocycles. The molecular formula is C14H8Cl2N2O4. The summed E-state index contributed by atoms with van der Waals surface area (Å²) in [5, 5.41) is 11.9. The minimum absolute atomic E-state index is 0.0627. The van der Waals surface area contributed by atoms with E-state index < -0.39 is 10.4 Å². The van der Waals surface area contributed by atoms with Gasteiger partial charge in [-0.05, 0) is 18.2 Å². The topological polar surface area (TPSA) is 85.2 Å². The number of aromatic nitrogens is 1. The van der Waals surface area contributed by atoms with Gasteiger partial charge in [0.15, 0.2) is 5.43 Å². The minimum atomic E-state index is -0.578. The summed E-state index contributed by atoms with van der Waals surface area (Å²) in [6.45, 7) is 0. The average Bonchev–Trinajstić information content (AvgIpc) is 2.46. The van der Waals surface area contributed by atoms with Crippen LogP contribution >= 0.6 is 23.2 Å². The molecule has 6 nitrogen and oxygen atoms in total. The number of ether oxygens (including phenoxy) is 1. The molecule has 1 aromatic heterocycles. The summed E-state index contributed by atoms with van der Waals surface area (Å²) >= 11 is 12.1. The van der Waals surface area contributed by atoms with Crippen molar-refractivity contribution >= 4 is 50.7 Å². The second-order valence-corrected chi connectivity index (χ2v) is 5.37. The number of H-pyrrole nitrogens is 1. The molecule has 0 spiro atoms. The van der Waals surface area contributed by atoms with E-state index in [4.69, 9.17) is 27.9 Å². The van der Waals surface area contributed by atoms with E-state index in [0.717, 1.165) is 0 Å². The highest BCUT2D eigenvalue weighted by atomic mass is 35.5. The Hall–Kier alpha value is -2.31. The number of nitrogens with one attached hydrogen (secondary N) is 1. The van der Waals surface area contributed by atoms with E-state index in [1.54, 1.807) is 0 Å². The molecular weight excluding hydrogens is 331 g/mol. The Labute approximate surface area is 133 Å². The van der Waals surface area contributed by atoms with Crippen LogP contribution in [-0.4, -0.2) is 17.0 Å². The van der Waals surface area contributed by atoms with Crippen LogP contribution in [0.25, 0.3) is 21.8 Å². The Morgan fingerprint density at radius 3 is 2.59 bits per heavy atom. The van der Waals surface area contributed by atoms with Crippen LogP contribution in [0.3, 0.4) is 0 Å². The van der Waals surface area contributed by atoms with E-state index in [1.165, 1.54) is 31.4 Å². The van der Waals surface area contributed by atoms with Crippen LogP contribution in [0, 0.1) is 10.1 Å². The van der Waals surface area contributed by atoms with Crippen molar-refractivity contribution < 1.29 is 9.66 Å². The second-order valence-electron chi connectivity index (χ2n) is 4.56. The molecule has 22 heavy (non-hydrogen) atoms. The average molecular weight is 339 g/mol. The van der Waals surface area contributed by atoms with E-state index in [-0.39, 0.29) is 32.0 Å². The molecule has 0 aliphatic heterocycles. The first-order chi connectivity index (χ1) is 10.4. The summed E-state index contributed by atoms with van der Waals surface area (Å²) in [5.41, 5.74) is -0.220. The Kier molecular flexibility index (Phi) is 3.42. The third-order valence-corrected chi connectivity index (χ3v) is 3.96. The lowest BCUT2D eigenvalue weighted by Gasteiger charge is -2.08. The number of non-ortho nitro benzene ring substituents is 1. The van der Waals surface area contributed by atoms with Crippen molar-refractivity contribution in [1.29, 1.82) is 0 Å². The van der Waals surface area contributed by atoms with Gasteiger partial charge < -0.3 is 9.72 Å². The molecule has 3 rings (SSSR count). The van der Waals surface area contributed by atoms with Crippen LogP contribution in [0.4, 0.5) is 5.69 Å². The third kappa shape index (κ3) is 2.08. The van der Waals surface area contributed by atoms with Gasteiger partial charge in [0.05, 0.1) is 33.0 Å². The van der Waals surface area contributed by atoms with Crippen LogP contribution in [0.2, 0.25) is 10.0 Å². The van der Waals surface area contributed by atoms with Crippen molar-refractivity contribution in [2.75, 3.05) is 7.11 Å². The Morgan fingerprint density at radius 1 is 1.23 bits per heavy atom.